The summed E-state index contributed by atoms with van der Waals surface area (Å²) in [5.74, 6) is -0.956. The summed E-state index contributed by atoms with van der Waals surface area (Å²) in [6.45, 7) is 0.585. The van der Waals surface area contributed by atoms with Crippen LogP contribution in [0.4, 0.5) is 4.39 Å². The van der Waals surface area contributed by atoms with Crippen LogP contribution in [0.25, 0.3) is 0 Å². The number of benzene rings is 1. The summed E-state index contributed by atoms with van der Waals surface area (Å²) in [4.78, 5) is 11.7. The minimum atomic E-state index is -0.579. The zero-order chi connectivity index (χ0) is 13.4. The smallest absolute Gasteiger partial charge is 0.254 e. The Bertz CT molecular complexity index is 401. The summed E-state index contributed by atoms with van der Waals surface area (Å²) in [5.41, 5.74) is 0.0478. The lowest BCUT2D eigenvalue weighted by Gasteiger charge is -2.06. The fraction of sp³-hybridized carbons (Fsp3) is 0.462. The highest BCUT2D eigenvalue weighted by atomic mass is 127. The van der Waals surface area contributed by atoms with E-state index in [1.807, 2.05) is 0 Å². The lowest BCUT2D eigenvalue weighted by atomic mass is 10.2. The molecule has 0 atom stereocenters. The van der Waals surface area contributed by atoms with Gasteiger partial charge in [-0.1, -0.05) is 47.0 Å². The third-order valence-corrected chi connectivity index (χ3v) is 3.52. The van der Waals surface area contributed by atoms with Crippen molar-refractivity contribution in [2.24, 2.45) is 0 Å². The fourth-order valence-corrected chi connectivity index (χ4v) is 2.24. The van der Waals surface area contributed by atoms with Crippen LogP contribution in [0.5, 0.6) is 0 Å². The molecule has 0 aliphatic rings. The summed E-state index contributed by atoms with van der Waals surface area (Å²) in [6, 6.07) is 4.07. The number of nitrogens with one attached hydrogen (secondary N) is 1. The quantitative estimate of drug-likeness (QED) is 0.427. The maximum Gasteiger partial charge on any atom is 0.254 e. The molecule has 1 N–H and O–H groups in total. The van der Waals surface area contributed by atoms with Crippen LogP contribution in [0.15, 0.2) is 18.2 Å². The normalized spacial score (nSPS) is 10.4. The highest BCUT2D eigenvalue weighted by molar-refractivity contribution is 14.1. The van der Waals surface area contributed by atoms with Crippen molar-refractivity contribution in [3.63, 3.8) is 0 Å². The SMILES string of the molecule is O=C(NCCCCCCI)c1ccc(Cl)cc1F. The van der Waals surface area contributed by atoms with Gasteiger partial charge in [0.1, 0.15) is 5.82 Å². The molecule has 0 spiro atoms. The molecule has 0 bridgehead atoms. The van der Waals surface area contributed by atoms with Gasteiger partial charge in [-0.25, -0.2) is 4.39 Å². The van der Waals surface area contributed by atoms with Gasteiger partial charge in [-0.15, -0.1) is 0 Å². The summed E-state index contributed by atoms with van der Waals surface area (Å²) in [6.07, 6.45) is 4.40. The molecule has 0 aliphatic heterocycles. The molecule has 0 aromatic heterocycles. The molecule has 0 radical (unpaired) electrons. The largest absolute Gasteiger partial charge is 0.352 e. The van der Waals surface area contributed by atoms with Gasteiger partial charge in [-0.2, -0.15) is 0 Å². The van der Waals surface area contributed by atoms with Gasteiger partial charge < -0.3 is 5.32 Å². The van der Waals surface area contributed by atoms with Crippen LogP contribution in [0, 0.1) is 5.82 Å². The van der Waals surface area contributed by atoms with Crippen molar-refractivity contribution < 1.29 is 9.18 Å². The molecular weight excluding hydrogens is 368 g/mol. The number of halogens is 3. The Morgan fingerprint density at radius 3 is 2.67 bits per heavy atom. The van der Waals surface area contributed by atoms with Gasteiger partial charge in [-0.05, 0) is 35.5 Å². The molecule has 0 fully saturated rings. The monoisotopic (exact) mass is 383 g/mol. The first-order chi connectivity index (χ1) is 8.65. The third-order valence-electron chi connectivity index (χ3n) is 2.52. The maximum atomic E-state index is 13.4. The zero-order valence-electron chi connectivity index (χ0n) is 10.0. The average molecular weight is 384 g/mol. The van der Waals surface area contributed by atoms with Crippen molar-refractivity contribution in [1.29, 1.82) is 0 Å². The van der Waals surface area contributed by atoms with Crippen LogP contribution in [-0.4, -0.2) is 16.9 Å². The minimum absolute atomic E-state index is 0.0478. The first-order valence-electron chi connectivity index (χ1n) is 5.94. The second-order valence-corrected chi connectivity index (χ2v) is 5.50. The number of alkyl halides is 1. The molecule has 0 saturated heterocycles. The van der Waals surface area contributed by atoms with Crippen molar-refractivity contribution in [2.75, 3.05) is 11.0 Å². The molecule has 1 amide bonds. The van der Waals surface area contributed by atoms with Crippen LogP contribution in [0.1, 0.15) is 36.0 Å². The molecule has 1 aromatic rings. The number of carbonyl (C=O) groups excluding carboxylic acids is 1. The third kappa shape index (κ3) is 5.52. The van der Waals surface area contributed by atoms with Crippen molar-refractivity contribution in [3.05, 3.63) is 34.6 Å². The molecule has 2 nitrogen and oxygen atoms in total. The Morgan fingerprint density at radius 1 is 1.28 bits per heavy atom. The van der Waals surface area contributed by atoms with Gasteiger partial charge in [0, 0.05) is 11.6 Å². The number of amides is 1. The van der Waals surface area contributed by atoms with Crippen molar-refractivity contribution >= 4 is 40.1 Å². The van der Waals surface area contributed by atoms with Crippen LogP contribution >= 0.6 is 34.2 Å². The molecule has 0 unspecified atom stereocenters. The van der Waals surface area contributed by atoms with E-state index in [1.165, 1.54) is 29.4 Å². The van der Waals surface area contributed by atoms with Gasteiger partial charge in [0.15, 0.2) is 0 Å². The first-order valence-corrected chi connectivity index (χ1v) is 7.84. The summed E-state index contributed by atoms with van der Waals surface area (Å²) >= 11 is 7.98. The van der Waals surface area contributed by atoms with E-state index in [-0.39, 0.29) is 11.5 Å². The van der Waals surface area contributed by atoms with Crippen molar-refractivity contribution in [3.8, 4) is 0 Å². The predicted octanol–water partition coefficient (Wildman–Crippen LogP) is 4.20. The molecule has 1 aromatic carbocycles. The highest BCUT2D eigenvalue weighted by Crippen LogP contribution is 2.14. The van der Waals surface area contributed by atoms with Gasteiger partial charge in [0.25, 0.3) is 5.91 Å². The van der Waals surface area contributed by atoms with E-state index in [0.29, 0.717) is 11.6 Å². The Hall–Kier alpha value is -0.360. The van der Waals surface area contributed by atoms with Crippen molar-refractivity contribution in [2.45, 2.75) is 25.7 Å². The van der Waals surface area contributed by atoms with Crippen LogP contribution in [0.2, 0.25) is 5.02 Å². The highest BCUT2D eigenvalue weighted by Gasteiger charge is 2.10. The first kappa shape index (κ1) is 15.7. The number of rotatable bonds is 7. The number of hydrogen-bond donors (Lipinski definition) is 1. The van der Waals surface area contributed by atoms with E-state index in [1.54, 1.807) is 0 Å². The number of unbranched alkanes of at least 4 members (excludes halogenated alkanes) is 3. The maximum absolute atomic E-state index is 13.4. The molecule has 1 rings (SSSR count). The van der Waals surface area contributed by atoms with E-state index >= 15 is 0 Å². The van der Waals surface area contributed by atoms with E-state index in [2.05, 4.69) is 27.9 Å². The second-order valence-electron chi connectivity index (χ2n) is 3.98. The van der Waals surface area contributed by atoms with E-state index in [9.17, 15) is 9.18 Å². The molecule has 0 heterocycles. The topological polar surface area (TPSA) is 29.1 Å². The Kier molecular flexibility index (Phi) is 7.58. The van der Waals surface area contributed by atoms with Crippen molar-refractivity contribution in [1.82, 2.24) is 5.32 Å². The minimum Gasteiger partial charge on any atom is -0.352 e. The Morgan fingerprint density at radius 2 is 2.00 bits per heavy atom. The van der Waals surface area contributed by atoms with E-state index in [0.717, 1.165) is 18.9 Å². The summed E-state index contributed by atoms with van der Waals surface area (Å²) in [7, 11) is 0. The fourth-order valence-electron chi connectivity index (χ4n) is 1.54. The summed E-state index contributed by atoms with van der Waals surface area (Å²) < 4.78 is 14.6. The Labute approximate surface area is 125 Å². The molecular formula is C13H16ClFINO. The van der Waals surface area contributed by atoms with Gasteiger partial charge in [-0.3, -0.25) is 4.79 Å². The average Bonchev–Trinajstić information content (AvgIpc) is 2.33. The predicted molar refractivity (Wildman–Crippen MR) is 81.1 cm³/mol. The lowest BCUT2D eigenvalue weighted by Crippen LogP contribution is -2.25. The second kappa shape index (κ2) is 8.69. The zero-order valence-corrected chi connectivity index (χ0v) is 12.9. The van der Waals surface area contributed by atoms with E-state index < -0.39 is 5.82 Å². The van der Waals surface area contributed by atoms with Gasteiger partial charge in [0.05, 0.1) is 5.56 Å². The molecule has 18 heavy (non-hydrogen) atoms. The summed E-state index contributed by atoms with van der Waals surface area (Å²) in [5, 5.41) is 3.01. The molecule has 0 saturated carbocycles. The van der Waals surface area contributed by atoms with Crippen LogP contribution in [-0.2, 0) is 0 Å². The van der Waals surface area contributed by atoms with E-state index in [4.69, 9.17) is 11.6 Å². The standard InChI is InChI=1S/C13H16ClFINO/c14-10-5-6-11(12(15)9-10)13(18)17-8-4-2-1-3-7-16/h5-6,9H,1-4,7-8H2,(H,17,18). The Balaban J connectivity index is 2.32. The lowest BCUT2D eigenvalue weighted by molar-refractivity contribution is 0.0949. The van der Waals surface area contributed by atoms with Gasteiger partial charge >= 0.3 is 0 Å². The van der Waals surface area contributed by atoms with Crippen LogP contribution in [0.3, 0.4) is 0 Å². The molecule has 0 aliphatic carbocycles. The molecule has 100 valence electrons. The number of hydrogen-bond acceptors (Lipinski definition) is 1. The molecule has 5 heteroatoms. The van der Waals surface area contributed by atoms with Gasteiger partial charge in [0.2, 0.25) is 0 Å². The van der Waals surface area contributed by atoms with Crippen LogP contribution < -0.4 is 5.32 Å². The number of carbonyl (C=O) groups is 1.